The first-order chi connectivity index (χ1) is 15.5. The first-order valence-electron chi connectivity index (χ1n) is 11.5. The van der Waals surface area contributed by atoms with Gasteiger partial charge in [-0.3, -0.25) is 4.90 Å². The molecule has 1 N–H and O–H groups in total. The second kappa shape index (κ2) is 10.2. The molecule has 5 nitrogen and oxygen atoms in total. The number of aromatic nitrogens is 2. The molecule has 0 bridgehead atoms. The summed E-state index contributed by atoms with van der Waals surface area (Å²) in [5, 5.41) is 15.4. The molecule has 1 saturated carbocycles. The molecule has 1 fully saturated rings. The fourth-order valence-electron chi connectivity index (χ4n) is 3.95. The summed E-state index contributed by atoms with van der Waals surface area (Å²) in [6.07, 6.45) is 5.42. The molecule has 1 aromatic heterocycles. The number of aliphatic hydroxyl groups excluding tert-OH is 1. The van der Waals surface area contributed by atoms with E-state index in [1.54, 1.807) is 0 Å². The maximum Gasteiger partial charge on any atom is 0.227 e. The number of hydrogen-bond donors (Lipinski definition) is 1. The summed E-state index contributed by atoms with van der Waals surface area (Å²) < 4.78 is 8.33. The van der Waals surface area contributed by atoms with Crippen molar-refractivity contribution in [3.8, 4) is 17.3 Å². The Kier molecular flexibility index (Phi) is 7.08. The van der Waals surface area contributed by atoms with E-state index in [0.717, 1.165) is 41.4 Å². The zero-order valence-electron chi connectivity index (χ0n) is 19.1. The van der Waals surface area contributed by atoms with Crippen LogP contribution >= 0.6 is 0 Å². The molecule has 0 saturated heterocycles. The molecule has 0 spiro atoms. The normalized spacial score (nSPS) is 14.5. The van der Waals surface area contributed by atoms with Crippen LogP contribution in [0.3, 0.4) is 0 Å². The van der Waals surface area contributed by atoms with Gasteiger partial charge in [-0.2, -0.15) is 5.10 Å². The molecule has 0 aliphatic heterocycles. The Balaban J connectivity index is 1.66. The van der Waals surface area contributed by atoms with Gasteiger partial charge in [0.15, 0.2) is 0 Å². The molecule has 1 heterocycles. The predicted octanol–water partition coefficient (Wildman–Crippen LogP) is 5.57. The van der Waals surface area contributed by atoms with E-state index in [1.165, 1.54) is 18.4 Å². The van der Waals surface area contributed by atoms with Gasteiger partial charge in [-0.25, -0.2) is 4.68 Å². The Morgan fingerprint density at radius 1 is 1.16 bits per heavy atom. The van der Waals surface area contributed by atoms with Crippen LogP contribution in [0.5, 0.6) is 11.6 Å². The van der Waals surface area contributed by atoms with Gasteiger partial charge < -0.3 is 9.84 Å². The molecule has 32 heavy (non-hydrogen) atoms. The third-order valence-electron chi connectivity index (χ3n) is 5.95. The van der Waals surface area contributed by atoms with Gasteiger partial charge in [0, 0.05) is 19.1 Å². The lowest BCUT2D eigenvalue weighted by molar-refractivity contribution is 0.0975. The zero-order valence-corrected chi connectivity index (χ0v) is 19.1. The summed E-state index contributed by atoms with van der Waals surface area (Å²) in [7, 11) is 0. The van der Waals surface area contributed by atoms with E-state index in [9.17, 15) is 5.11 Å². The van der Waals surface area contributed by atoms with Crippen LogP contribution in [0.2, 0.25) is 0 Å². The third-order valence-corrected chi connectivity index (χ3v) is 5.95. The van der Waals surface area contributed by atoms with Gasteiger partial charge in [0.2, 0.25) is 5.88 Å². The second-order valence-electron chi connectivity index (χ2n) is 8.71. The lowest BCUT2D eigenvalue weighted by Gasteiger charge is -2.25. The minimum Gasteiger partial charge on any atom is -0.439 e. The molecule has 168 valence electrons. The van der Waals surface area contributed by atoms with Crippen LogP contribution in [0.25, 0.3) is 5.69 Å². The van der Waals surface area contributed by atoms with Crippen LogP contribution in [0.4, 0.5) is 0 Å². The van der Waals surface area contributed by atoms with Crippen molar-refractivity contribution >= 4 is 0 Å². The molecule has 1 aliphatic carbocycles. The molecular weight excluding hydrogens is 398 g/mol. The minimum absolute atomic E-state index is 0.362. The van der Waals surface area contributed by atoms with E-state index in [4.69, 9.17) is 9.84 Å². The predicted molar refractivity (Wildman–Crippen MR) is 128 cm³/mol. The van der Waals surface area contributed by atoms with Crippen molar-refractivity contribution in [1.29, 1.82) is 0 Å². The van der Waals surface area contributed by atoms with E-state index in [0.29, 0.717) is 19.1 Å². The van der Waals surface area contributed by atoms with Gasteiger partial charge in [-0.15, -0.1) is 6.58 Å². The molecule has 4 rings (SSSR count). The van der Waals surface area contributed by atoms with Crippen LogP contribution in [-0.2, 0) is 6.54 Å². The molecule has 5 heteroatoms. The van der Waals surface area contributed by atoms with Gasteiger partial charge in [0.05, 0.1) is 23.0 Å². The fourth-order valence-corrected chi connectivity index (χ4v) is 3.95. The van der Waals surface area contributed by atoms with E-state index < -0.39 is 0 Å². The van der Waals surface area contributed by atoms with Crippen LogP contribution in [0.1, 0.15) is 42.5 Å². The summed E-state index contributed by atoms with van der Waals surface area (Å²) in [6.45, 7) is 9.24. The van der Waals surface area contributed by atoms with Crippen LogP contribution < -0.4 is 4.74 Å². The van der Waals surface area contributed by atoms with E-state index in [-0.39, 0.29) is 6.10 Å². The number of rotatable bonds is 11. The van der Waals surface area contributed by atoms with E-state index in [1.807, 2.05) is 60.1 Å². The van der Waals surface area contributed by atoms with Crippen molar-refractivity contribution in [2.45, 2.75) is 58.2 Å². The van der Waals surface area contributed by atoms with Gasteiger partial charge in [0.1, 0.15) is 5.75 Å². The maximum atomic E-state index is 10.5. The number of ether oxygens (including phenoxy) is 1. The van der Waals surface area contributed by atoms with Crippen molar-refractivity contribution in [3.63, 3.8) is 0 Å². The highest BCUT2D eigenvalue weighted by Gasteiger charge is 2.32. The molecule has 0 amide bonds. The van der Waals surface area contributed by atoms with Crippen LogP contribution in [-0.4, -0.2) is 38.5 Å². The van der Waals surface area contributed by atoms with Crippen molar-refractivity contribution in [1.82, 2.24) is 14.7 Å². The Bertz CT molecular complexity index is 1020. The number of aliphatic hydroxyl groups is 1. The lowest BCUT2D eigenvalue weighted by atomic mass is 10.1. The summed E-state index contributed by atoms with van der Waals surface area (Å²) in [6, 6.07) is 18.7. The smallest absolute Gasteiger partial charge is 0.227 e. The van der Waals surface area contributed by atoms with Crippen molar-refractivity contribution in [3.05, 3.63) is 84.1 Å². The average Bonchev–Trinajstić information content (AvgIpc) is 3.60. The Labute approximate surface area is 191 Å². The molecule has 1 aliphatic rings. The largest absolute Gasteiger partial charge is 0.439 e. The fraction of sp³-hybridized carbons (Fsp3) is 0.370. The summed E-state index contributed by atoms with van der Waals surface area (Å²) in [5.74, 6) is 1.53. The van der Waals surface area contributed by atoms with Gasteiger partial charge >= 0.3 is 0 Å². The van der Waals surface area contributed by atoms with E-state index >= 15 is 0 Å². The quantitative estimate of drug-likeness (QED) is 0.403. The number of aryl methyl sites for hydroxylation is 2. The van der Waals surface area contributed by atoms with Crippen LogP contribution in [0.15, 0.2) is 67.3 Å². The van der Waals surface area contributed by atoms with Crippen molar-refractivity contribution in [2.24, 2.45) is 0 Å². The van der Waals surface area contributed by atoms with Gasteiger partial charge in [0.25, 0.3) is 0 Å². The first-order valence-corrected chi connectivity index (χ1v) is 11.5. The zero-order chi connectivity index (χ0) is 22.5. The SMILES string of the molecule is C=CCC[C@H](O)CN(Cc1c(C)nn(-c2ccccc2)c1Oc1ccc(C)cc1)C1CC1. The Morgan fingerprint density at radius 3 is 2.53 bits per heavy atom. The first kappa shape index (κ1) is 22.3. The molecule has 0 unspecified atom stereocenters. The van der Waals surface area contributed by atoms with Crippen LogP contribution in [0, 0.1) is 13.8 Å². The van der Waals surface area contributed by atoms with E-state index in [2.05, 4.69) is 30.5 Å². The highest BCUT2D eigenvalue weighted by Crippen LogP contribution is 2.35. The third kappa shape index (κ3) is 5.47. The average molecular weight is 432 g/mol. The molecule has 2 aromatic carbocycles. The van der Waals surface area contributed by atoms with Crippen molar-refractivity contribution in [2.75, 3.05) is 6.54 Å². The molecular formula is C27H33N3O2. The number of allylic oxidation sites excluding steroid dienone is 1. The summed E-state index contributed by atoms with van der Waals surface area (Å²) in [5.41, 5.74) is 4.17. The number of para-hydroxylation sites is 1. The second-order valence-corrected chi connectivity index (χ2v) is 8.71. The molecule has 1 atom stereocenters. The molecule has 3 aromatic rings. The number of hydrogen-bond acceptors (Lipinski definition) is 4. The standard InChI is InChI=1S/C27H33N3O2/c1-4-5-11-24(31)18-29(22-14-15-22)19-26-21(3)28-30(23-9-7-6-8-10-23)27(26)32-25-16-12-20(2)13-17-25/h4,6-10,12-13,16-17,22,24,31H,1,5,11,14-15,18-19H2,2-3H3/t24-/m0/s1. The lowest BCUT2D eigenvalue weighted by Crippen LogP contribution is -2.34. The highest BCUT2D eigenvalue weighted by atomic mass is 16.5. The summed E-state index contributed by atoms with van der Waals surface area (Å²) in [4.78, 5) is 2.38. The van der Waals surface area contributed by atoms with Gasteiger partial charge in [-0.05, 0) is 63.8 Å². The minimum atomic E-state index is -0.362. The Hall–Kier alpha value is -2.89. The van der Waals surface area contributed by atoms with Crippen molar-refractivity contribution < 1.29 is 9.84 Å². The topological polar surface area (TPSA) is 50.5 Å². The molecule has 0 radical (unpaired) electrons. The number of nitrogens with zero attached hydrogens (tertiary/aromatic N) is 3. The van der Waals surface area contributed by atoms with Gasteiger partial charge in [-0.1, -0.05) is 42.0 Å². The summed E-state index contributed by atoms with van der Waals surface area (Å²) >= 11 is 0. The Morgan fingerprint density at radius 2 is 1.88 bits per heavy atom. The number of benzene rings is 2. The maximum absolute atomic E-state index is 10.5. The monoisotopic (exact) mass is 431 g/mol. The highest BCUT2D eigenvalue weighted by molar-refractivity contribution is 5.43.